The van der Waals surface area contributed by atoms with Gasteiger partial charge in [-0.15, -0.1) is 0 Å². The minimum Gasteiger partial charge on any atom is -0.439 e. The average molecular weight is 294 g/mol. The Kier molecular flexibility index (Phi) is 3.10. The van der Waals surface area contributed by atoms with Crippen LogP contribution in [0.1, 0.15) is 38.0 Å². The van der Waals surface area contributed by atoms with Gasteiger partial charge in [-0.1, -0.05) is 19.3 Å². The summed E-state index contributed by atoms with van der Waals surface area (Å²) in [6.45, 7) is 0. The minimum atomic E-state index is -3.24. The molecule has 0 amide bonds. The Morgan fingerprint density at radius 2 is 1.95 bits per heavy atom. The topological polar surface area (TPSA) is 86.2 Å². The molecule has 1 aromatic carbocycles. The summed E-state index contributed by atoms with van der Waals surface area (Å²) in [5.41, 5.74) is 7.02. The van der Waals surface area contributed by atoms with Crippen molar-refractivity contribution in [1.82, 2.24) is 4.98 Å². The standard InChI is InChI=1S/C14H18N2O3S/c1-20(17,18)10-5-6-12-11(9-10)16-13(19-12)14(15)7-3-2-4-8-14/h5-6,9H,2-4,7-8,15H2,1H3. The van der Waals surface area contributed by atoms with Gasteiger partial charge in [0, 0.05) is 6.26 Å². The highest BCUT2D eigenvalue weighted by atomic mass is 32.2. The third kappa shape index (κ3) is 2.33. The fraction of sp³-hybridized carbons (Fsp3) is 0.500. The molecule has 0 aliphatic heterocycles. The fourth-order valence-electron chi connectivity index (χ4n) is 2.75. The molecule has 0 spiro atoms. The lowest BCUT2D eigenvalue weighted by Crippen LogP contribution is -2.38. The summed E-state index contributed by atoms with van der Waals surface area (Å²) < 4.78 is 28.9. The molecule has 0 atom stereocenters. The second kappa shape index (κ2) is 4.56. The number of benzene rings is 1. The lowest BCUT2D eigenvalue weighted by molar-refractivity contribution is 0.248. The number of sulfone groups is 1. The molecule has 6 heteroatoms. The normalized spacial score (nSPS) is 19.3. The molecule has 108 valence electrons. The van der Waals surface area contributed by atoms with Crippen molar-refractivity contribution in [1.29, 1.82) is 0 Å². The molecule has 0 radical (unpaired) electrons. The van der Waals surface area contributed by atoms with Crippen LogP contribution in [0, 0.1) is 0 Å². The second-order valence-corrected chi connectivity index (χ2v) is 7.65. The Labute approximate surface area is 118 Å². The third-order valence-corrected chi connectivity index (χ3v) is 5.07. The van der Waals surface area contributed by atoms with E-state index in [0.717, 1.165) is 25.7 Å². The van der Waals surface area contributed by atoms with Gasteiger partial charge in [-0.05, 0) is 31.0 Å². The summed E-state index contributed by atoms with van der Waals surface area (Å²) in [6.07, 6.45) is 6.24. The van der Waals surface area contributed by atoms with Crippen LogP contribution in [0.3, 0.4) is 0 Å². The zero-order valence-corrected chi connectivity index (χ0v) is 12.2. The van der Waals surface area contributed by atoms with Crippen LogP contribution in [0.4, 0.5) is 0 Å². The maximum absolute atomic E-state index is 11.6. The van der Waals surface area contributed by atoms with Gasteiger partial charge in [0.2, 0.25) is 5.89 Å². The summed E-state index contributed by atoms with van der Waals surface area (Å²) in [6, 6.07) is 4.73. The summed E-state index contributed by atoms with van der Waals surface area (Å²) >= 11 is 0. The number of hydrogen-bond acceptors (Lipinski definition) is 5. The molecule has 2 aromatic rings. The van der Waals surface area contributed by atoms with E-state index in [1.807, 2.05) is 0 Å². The largest absolute Gasteiger partial charge is 0.439 e. The predicted molar refractivity (Wildman–Crippen MR) is 76.1 cm³/mol. The molecular weight excluding hydrogens is 276 g/mol. The molecule has 1 aromatic heterocycles. The van der Waals surface area contributed by atoms with Gasteiger partial charge in [0.05, 0.1) is 10.4 Å². The van der Waals surface area contributed by atoms with Gasteiger partial charge < -0.3 is 10.2 Å². The number of nitrogens with two attached hydrogens (primary N) is 1. The van der Waals surface area contributed by atoms with E-state index in [1.54, 1.807) is 12.1 Å². The zero-order valence-electron chi connectivity index (χ0n) is 11.4. The van der Waals surface area contributed by atoms with E-state index in [9.17, 15) is 8.42 Å². The van der Waals surface area contributed by atoms with Gasteiger partial charge in [-0.25, -0.2) is 13.4 Å². The monoisotopic (exact) mass is 294 g/mol. The molecule has 1 fully saturated rings. The summed E-state index contributed by atoms with van der Waals surface area (Å²) in [5.74, 6) is 0.526. The van der Waals surface area contributed by atoms with Crippen molar-refractivity contribution in [3.05, 3.63) is 24.1 Å². The number of fused-ring (bicyclic) bond motifs is 1. The predicted octanol–water partition coefficient (Wildman–Crippen LogP) is 2.35. The van der Waals surface area contributed by atoms with Gasteiger partial charge in [0.15, 0.2) is 15.4 Å². The number of nitrogens with zero attached hydrogens (tertiary/aromatic N) is 1. The van der Waals surface area contributed by atoms with Gasteiger partial charge in [0.25, 0.3) is 0 Å². The van der Waals surface area contributed by atoms with E-state index in [-0.39, 0.29) is 4.90 Å². The number of oxazole rings is 1. The first-order valence-electron chi connectivity index (χ1n) is 6.78. The maximum atomic E-state index is 11.6. The van der Waals surface area contributed by atoms with Crippen molar-refractivity contribution in [2.24, 2.45) is 5.73 Å². The molecule has 0 unspecified atom stereocenters. The smallest absolute Gasteiger partial charge is 0.215 e. The van der Waals surface area contributed by atoms with E-state index in [0.29, 0.717) is 17.0 Å². The van der Waals surface area contributed by atoms with Crippen molar-refractivity contribution in [3.8, 4) is 0 Å². The first kappa shape index (κ1) is 13.6. The van der Waals surface area contributed by atoms with Gasteiger partial charge >= 0.3 is 0 Å². The first-order valence-corrected chi connectivity index (χ1v) is 8.68. The molecule has 1 heterocycles. The lowest BCUT2D eigenvalue weighted by atomic mass is 9.82. The molecule has 5 nitrogen and oxygen atoms in total. The lowest BCUT2D eigenvalue weighted by Gasteiger charge is -2.29. The molecule has 0 bridgehead atoms. The number of hydrogen-bond donors (Lipinski definition) is 1. The molecule has 1 saturated carbocycles. The Morgan fingerprint density at radius 3 is 2.60 bits per heavy atom. The highest BCUT2D eigenvalue weighted by molar-refractivity contribution is 7.90. The Morgan fingerprint density at radius 1 is 1.25 bits per heavy atom. The molecule has 3 rings (SSSR count). The van der Waals surface area contributed by atoms with Gasteiger partial charge in [0.1, 0.15) is 5.52 Å². The van der Waals surface area contributed by atoms with Crippen molar-refractivity contribution < 1.29 is 12.8 Å². The summed E-state index contributed by atoms with van der Waals surface area (Å²) in [5, 5.41) is 0. The van der Waals surface area contributed by atoms with Crippen LogP contribution in [-0.4, -0.2) is 19.7 Å². The van der Waals surface area contributed by atoms with E-state index in [4.69, 9.17) is 10.2 Å². The SMILES string of the molecule is CS(=O)(=O)c1ccc2oc(C3(N)CCCCC3)nc2c1. The average Bonchev–Trinajstić information content (AvgIpc) is 2.82. The Bertz CT molecular complexity index is 743. The summed E-state index contributed by atoms with van der Waals surface area (Å²) in [4.78, 5) is 4.68. The molecule has 1 aliphatic rings. The van der Waals surface area contributed by atoms with E-state index < -0.39 is 15.4 Å². The zero-order chi connectivity index (χ0) is 14.4. The quantitative estimate of drug-likeness (QED) is 0.918. The Hall–Kier alpha value is -1.40. The van der Waals surface area contributed by atoms with Crippen LogP contribution in [0.5, 0.6) is 0 Å². The number of rotatable bonds is 2. The second-order valence-electron chi connectivity index (χ2n) is 5.64. The molecule has 1 aliphatic carbocycles. The van der Waals surface area contributed by atoms with Crippen LogP contribution in [0.15, 0.2) is 27.5 Å². The van der Waals surface area contributed by atoms with Crippen molar-refractivity contribution in [2.75, 3.05) is 6.26 Å². The van der Waals surface area contributed by atoms with Crippen molar-refractivity contribution in [2.45, 2.75) is 42.5 Å². The molecule has 0 saturated heterocycles. The first-order chi connectivity index (χ1) is 9.38. The van der Waals surface area contributed by atoms with Crippen LogP contribution in [0.25, 0.3) is 11.1 Å². The maximum Gasteiger partial charge on any atom is 0.215 e. The highest BCUT2D eigenvalue weighted by Crippen LogP contribution is 2.35. The molecule has 2 N–H and O–H groups in total. The molecule has 20 heavy (non-hydrogen) atoms. The van der Waals surface area contributed by atoms with Gasteiger partial charge in [-0.3, -0.25) is 0 Å². The van der Waals surface area contributed by atoms with E-state index in [2.05, 4.69) is 4.98 Å². The van der Waals surface area contributed by atoms with Crippen molar-refractivity contribution >= 4 is 20.9 Å². The van der Waals surface area contributed by atoms with Crippen molar-refractivity contribution in [3.63, 3.8) is 0 Å². The van der Waals surface area contributed by atoms with Crippen LogP contribution in [0.2, 0.25) is 0 Å². The van der Waals surface area contributed by atoms with E-state index >= 15 is 0 Å². The van der Waals surface area contributed by atoms with Crippen LogP contribution >= 0.6 is 0 Å². The van der Waals surface area contributed by atoms with Crippen LogP contribution < -0.4 is 5.73 Å². The third-order valence-electron chi connectivity index (χ3n) is 3.96. The van der Waals surface area contributed by atoms with Gasteiger partial charge in [-0.2, -0.15) is 0 Å². The molecular formula is C14H18N2O3S. The minimum absolute atomic E-state index is 0.250. The number of aromatic nitrogens is 1. The highest BCUT2D eigenvalue weighted by Gasteiger charge is 2.34. The fourth-order valence-corrected chi connectivity index (χ4v) is 3.39. The van der Waals surface area contributed by atoms with Crippen LogP contribution in [-0.2, 0) is 15.4 Å². The Balaban J connectivity index is 2.07. The van der Waals surface area contributed by atoms with E-state index in [1.165, 1.54) is 18.7 Å². The summed E-state index contributed by atoms with van der Waals surface area (Å²) in [7, 11) is -3.24.